The molecule has 0 N–H and O–H groups in total. The van der Waals surface area contributed by atoms with Crippen molar-refractivity contribution < 1.29 is 26.7 Å². The molecule has 0 saturated carbocycles. The average molecular weight is 498 g/mol. The van der Waals surface area contributed by atoms with Crippen molar-refractivity contribution in [3.05, 3.63) is 24.8 Å². The van der Waals surface area contributed by atoms with Gasteiger partial charge in [0.15, 0.2) is 12.3 Å². The maximum Gasteiger partial charge on any atom is 0.422 e. The van der Waals surface area contributed by atoms with Crippen LogP contribution < -0.4 is 14.5 Å². The first kappa shape index (κ1) is 23.4. The molecule has 2 fully saturated rings. The van der Waals surface area contributed by atoms with Gasteiger partial charge in [0, 0.05) is 26.2 Å². The fraction of sp³-hybridized carbons (Fsp3) is 0.571. The van der Waals surface area contributed by atoms with Crippen molar-refractivity contribution in [1.29, 1.82) is 0 Å². The van der Waals surface area contributed by atoms with Crippen molar-refractivity contribution in [2.75, 3.05) is 42.6 Å². The van der Waals surface area contributed by atoms with E-state index in [-0.39, 0.29) is 11.4 Å². The summed E-state index contributed by atoms with van der Waals surface area (Å²) < 4.78 is 68.3. The SMILES string of the molecule is FC(F)Cn1ncc2ncc(N3CCC4(CCN(c5cnc(OCC(F)(F)F)nc5)C4)CC3)nc21. The highest BCUT2D eigenvalue weighted by Gasteiger charge is 2.41. The molecule has 0 amide bonds. The van der Waals surface area contributed by atoms with Gasteiger partial charge in [0.05, 0.1) is 30.5 Å². The first-order chi connectivity index (χ1) is 16.7. The quantitative estimate of drug-likeness (QED) is 0.479. The molecule has 14 heteroatoms. The third-order valence-corrected chi connectivity index (χ3v) is 6.57. The van der Waals surface area contributed by atoms with Gasteiger partial charge in [-0.15, -0.1) is 0 Å². The summed E-state index contributed by atoms with van der Waals surface area (Å²) in [6, 6.07) is -0.304. The van der Waals surface area contributed by atoms with Crippen LogP contribution in [0.1, 0.15) is 19.3 Å². The smallest absolute Gasteiger partial charge is 0.422 e. The van der Waals surface area contributed by atoms with Crippen LogP contribution in [-0.2, 0) is 6.54 Å². The zero-order valence-corrected chi connectivity index (χ0v) is 18.6. The Labute approximate surface area is 196 Å². The lowest BCUT2D eigenvalue weighted by atomic mass is 9.78. The van der Waals surface area contributed by atoms with Gasteiger partial charge in [-0.2, -0.15) is 18.3 Å². The summed E-state index contributed by atoms with van der Waals surface area (Å²) >= 11 is 0. The number of alkyl halides is 5. The second-order valence-corrected chi connectivity index (χ2v) is 8.94. The highest BCUT2D eigenvalue weighted by Crippen LogP contribution is 2.42. The second kappa shape index (κ2) is 9.04. The highest BCUT2D eigenvalue weighted by molar-refractivity contribution is 5.71. The molecule has 3 aromatic heterocycles. The topological polar surface area (TPSA) is 85.1 Å². The van der Waals surface area contributed by atoms with Crippen LogP contribution in [0.25, 0.3) is 11.2 Å². The van der Waals surface area contributed by atoms with E-state index in [1.165, 1.54) is 23.3 Å². The highest BCUT2D eigenvalue weighted by atomic mass is 19.4. The molecule has 0 aromatic carbocycles. The van der Waals surface area contributed by atoms with Gasteiger partial charge in [0.1, 0.15) is 17.9 Å². The van der Waals surface area contributed by atoms with Gasteiger partial charge in [-0.25, -0.2) is 33.4 Å². The van der Waals surface area contributed by atoms with Crippen molar-refractivity contribution >= 4 is 22.7 Å². The number of hydrogen-bond donors (Lipinski definition) is 0. The zero-order valence-electron chi connectivity index (χ0n) is 18.6. The van der Waals surface area contributed by atoms with Crippen LogP contribution in [0.4, 0.5) is 33.5 Å². The second-order valence-electron chi connectivity index (χ2n) is 8.94. The molecule has 9 nitrogen and oxygen atoms in total. The van der Waals surface area contributed by atoms with Crippen molar-refractivity contribution in [2.45, 2.75) is 38.4 Å². The van der Waals surface area contributed by atoms with Crippen molar-refractivity contribution in [2.24, 2.45) is 5.41 Å². The van der Waals surface area contributed by atoms with E-state index in [0.717, 1.165) is 51.1 Å². The lowest BCUT2D eigenvalue weighted by Crippen LogP contribution is -2.42. The predicted octanol–water partition coefficient (Wildman–Crippen LogP) is 3.32. The Morgan fingerprint density at radius 1 is 0.943 bits per heavy atom. The normalized spacial score (nSPS) is 18.2. The van der Waals surface area contributed by atoms with Crippen LogP contribution in [0.5, 0.6) is 6.01 Å². The lowest BCUT2D eigenvalue weighted by Gasteiger charge is -2.39. The lowest BCUT2D eigenvalue weighted by molar-refractivity contribution is -0.154. The van der Waals surface area contributed by atoms with Crippen LogP contribution in [-0.4, -0.2) is 75.1 Å². The molecule has 35 heavy (non-hydrogen) atoms. The van der Waals surface area contributed by atoms with E-state index in [0.29, 0.717) is 17.0 Å². The van der Waals surface area contributed by atoms with Gasteiger partial charge in [-0.05, 0) is 24.7 Å². The Morgan fingerprint density at radius 3 is 2.29 bits per heavy atom. The summed E-state index contributed by atoms with van der Waals surface area (Å²) in [5, 5.41) is 3.96. The summed E-state index contributed by atoms with van der Waals surface area (Å²) in [5.74, 6) is 0.640. The van der Waals surface area contributed by atoms with Gasteiger partial charge < -0.3 is 14.5 Å². The fourth-order valence-electron chi connectivity index (χ4n) is 4.72. The van der Waals surface area contributed by atoms with Crippen molar-refractivity contribution in [3.63, 3.8) is 0 Å². The number of anilines is 2. The van der Waals surface area contributed by atoms with Crippen molar-refractivity contribution in [1.82, 2.24) is 29.7 Å². The summed E-state index contributed by atoms with van der Waals surface area (Å²) in [4.78, 5) is 20.9. The molecule has 2 aliphatic heterocycles. The van der Waals surface area contributed by atoms with Crippen LogP contribution in [0, 0.1) is 5.41 Å². The molecule has 2 saturated heterocycles. The zero-order chi connectivity index (χ0) is 24.6. The summed E-state index contributed by atoms with van der Waals surface area (Å²) in [6.07, 6.45) is 1.88. The largest absolute Gasteiger partial charge is 0.454 e. The number of hydrogen-bond acceptors (Lipinski definition) is 8. The molecule has 1 spiro atoms. The van der Waals surface area contributed by atoms with Gasteiger partial charge in [0.25, 0.3) is 6.43 Å². The Hall–Kier alpha value is -3.32. The molecule has 0 radical (unpaired) electrons. The van der Waals surface area contributed by atoms with Gasteiger partial charge in [-0.3, -0.25) is 0 Å². The summed E-state index contributed by atoms with van der Waals surface area (Å²) in [6.45, 7) is 1.13. The molecular weight excluding hydrogens is 475 g/mol. The predicted molar refractivity (Wildman–Crippen MR) is 116 cm³/mol. The van der Waals surface area contributed by atoms with Gasteiger partial charge >= 0.3 is 12.2 Å². The minimum atomic E-state index is -4.44. The Kier molecular flexibility index (Phi) is 6.05. The maximum atomic E-state index is 12.8. The number of halogens is 5. The fourth-order valence-corrected chi connectivity index (χ4v) is 4.72. The average Bonchev–Trinajstić information content (AvgIpc) is 3.42. The van der Waals surface area contributed by atoms with E-state index in [1.807, 2.05) is 0 Å². The number of rotatable bonds is 6. The standard InChI is InChI=1S/C21H23F5N8O/c22-16(23)11-34-18-15(9-30-34)27-10-17(31-18)32-4-1-20(2-5-32)3-6-33(12-20)14-7-28-19(29-8-14)35-13-21(24,25)26/h7-10,16H,1-6,11-13H2. The number of nitrogens with zero attached hydrogens (tertiary/aromatic N) is 8. The van der Waals surface area contributed by atoms with Gasteiger partial charge in [-0.1, -0.05) is 0 Å². The van der Waals surface area contributed by atoms with E-state index >= 15 is 0 Å². The summed E-state index contributed by atoms with van der Waals surface area (Å²) in [7, 11) is 0. The van der Waals surface area contributed by atoms with E-state index in [2.05, 4.69) is 39.6 Å². The minimum absolute atomic E-state index is 0.0942. The third kappa shape index (κ3) is 5.20. The number of piperidine rings is 1. The van der Waals surface area contributed by atoms with Crippen LogP contribution in [0.3, 0.4) is 0 Å². The molecule has 3 aromatic rings. The van der Waals surface area contributed by atoms with Gasteiger partial charge in [0.2, 0.25) is 0 Å². The van der Waals surface area contributed by atoms with Crippen LogP contribution in [0.15, 0.2) is 24.8 Å². The van der Waals surface area contributed by atoms with Crippen molar-refractivity contribution in [3.8, 4) is 6.01 Å². The van der Waals surface area contributed by atoms with E-state index < -0.39 is 25.8 Å². The third-order valence-electron chi connectivity index (χ3n) is 6.57. The Bertz CT molecular complexity index is 1160. The molecule has 5 heterocycles. The van der Waals surface area contributed by atoms with E-state index in [9.17, 15) is 22.0 Å². The van der Waals surface area contributed by atoms with Crippen LogP contribution >= 0.6 is 0 Å². The summed E-state index contributed by atoms with van der Waals surface area (Å²) in [5.41, 5.74) is 1.66. The van der Waals surface area contributed by atoms with E-state index in [4.69, 9.17) is 0 Å². The minimum Gasteiger partial charge on any atom is -0.454 e. The van der Waals surface area contributed by atoms with Crippen LogP contribution in [0.2, 0.25) is 0 Å². The first-order valence-electron chi connectivity index (χ1n) is 11.2. The molecule has 0 unspecified atom stereocenters. The molecular formula is C21H23F5N8O. The Balaban J connectivity index is 1.20. The monoisotopic (exact) mass is 498 g/mol. The Morgan fingerprint density at radius 2 is 1.63 bits per heavy atom. The number of ether oxygens (including phenoxy) is 1. The van der Waals surface area contributed by atoms with E-state index in [1.54, 1.807) is 6.20 Å². The molecule has 0 bridgehead atoms. The maximum absolute atomic E-state index is 12.8. The number of fused-ring (bicyclic) bond motifs is 1. The molecule has 188 valence electrons. The molecule has 5 rings (SSSR count). The molecule has 2 aliphatic rings. The first-order valence-corrected chi connectivity index (χ1v) is 11.2. The number of aromatic nitrogens is 6. The molecule has 0 atom stereocenters. The molecule has 0 aliphatic carbocycles.